The van der Waals surface area contributed by atoms with Crippen molar-refractivity contribution in [2.75, 3.05) is 0 Å². The van der Waals surface area contributed by atoms with Gasteiger partial charge in [-0.15, -0.1) is 0 Å². The Balaban J connectivity index is 0.00000220. The van der Waals surface area contributed by atoms with Crippen molar-refractivity contribution in [3.63, 3.8) is 0 Å². The van der Waals surface area contributed by atoms with Crippen LogP contribution in [-0.4, -0.2) is 0 Å². The van der Waals surface area contributed by atoms with Crippen LogP contribution in [0.1, 0.15) is 65.2 Å². The maximum Gasteiger partial charge on any atom is -1.00 e. The van der Waals surface area contributed by atoms with Gasteiger partial charge in [-0.2, -0.15) is 0 Å². The Bertz CT molecular complexity index is 412. The molecule has 0 amide bonds. The van der Waals surface area contributed by atoms with Gasteiger partial charge < -0.3 is 12.4 Å². The maximum atomic E-state index is 2.40. The first-order chi connectivity index (χ1) is 9.77. The fraction of sp³-hybridized carbons (Fsp3) is 0.579. The molecule has 0 saturated carbocycles. The summed E-state index contributed by atoms with van der Waals surface area (Å²) < 4.78 is 0.742. The summed E-state index contributed by atoms with van der Waals surface area (Å²) >= 11 is 1.68. The van der Waals surface area contributed by atoms with Crippen LogP contribution in [0.4, 0.5) is 0 Å². The van der Waals surface area contributed by atoms with Gasteiger partial charge in [-0.1, -0.05) is 0 Å². The van der Waals surface area contributed by atoms with Gasteiger partial charge in [-0.05, 0) is 0 Å². The first-order valence-electron chi connectivity index (χ1n) is 8.25. The normalized spacial score (nSPS) is 17.2. The van der Waals surface area contributed by atoms with E-state index in [2.05, 4.69) is 38.2 Å². The van der Waals surface area contributed by atoms with E-state index in [0.29, 0.717) is 0 Å². The van der Waals surface area contributed by atoms with Crippen LogP contribution in [-0.2, 0) is 24.7 Å². The molecule has 0 aromatic heterocycles. The second kappa shape index (κ2) is 10.0. The number of unbranched alkanes of at least 4 members (excludes halogenated alkanes) is 2. The molecule has 0 heterocycles. The van der Waals surface area contributed by atoms with Crippen molar-refractivity contribution in [2.24, 2.45) is 0 Å². The number of rotatable bonds is 8. The molecule has 21 heavy (non-hydrogen) atoms. The van der Waals surface area contributed by atoms with Gasteiger partial charge in [0, 0.05) is 0 Å². The first kappa shape index (κ1) is 19.2. The molecule has 0 aliphatic heterocycles. The minimum absolute atomic E-state index is 0. The molecule has 0 N–H and O–H groups in total. The quantitative estimate of drug-likeness (QED) is 0.605. The number of allylic oxidation sites excluding steroid dienone is 8. The van der Waals surface area contributed by atoms with Crippen molar-refractivity contribution >= 4 is 0 Å². The van der Waals surface area contributed by atoms with E-state index in [1.807, 2.05) is 0 Å². The predicted octanol–water partition coefficient (Wildman–Crippen LogP) is 3.22. The van der Waals surface area contributed by atoms with Crippen LogP contribution >= 0.6 is 0 Å². The zero-order valence-electron chi connectivity index (χ0n) is 13.4. The Morgan fingerprint density at radius 1 is 0.905 bits per heavy atom. The number of hydrogen-bond acceptors (Lipinski definition) is 0. The van der Waals surface area contributed by atoms with Crippen LogP contribution < -0.4 is 12.4 Å². The molecule has 2 aliphatic rings. The third-order valence-corrected chi connectivity index (χ3v) is 6.15. The topological polar surface area (TPSA) is 0 Å². The molecule has 2 aliphatic carbocycles. The summed E-state index contributed by atoms with van der Waals surface area (Å²) in [7, 11) is 0. The molecular formula is C19H27ClZr. The third kappa shape index (κ3) is 5.07. The number of halogens is 1. The summed E-state index contributed by atoms with van der Waals surface area (Å²) in [5.41, 5.74) is 6.79. The molecule has 0 spiro atoms. The molecule has 0 saturated heterocycles. The molecule has 2 heteroatoms. The van der Waals surface area contributed by atoms with Crippen LogP contribution in [0, 0.1) is 0 Å². The third-order valence-electron chi connectivity index (χ3n) is 4.43. The largest absolute Gasteiger partial charge is 1.00 e. The van der Waals surface area contributed by atoms with E-state index in [1.54, 1.807) is 47.0 Å². The Morgan fingerprint density at radius 3 is 1.71 bits per heavy atom. The molecule has 0 nitrogen and oxygen atoms in total. The molecule has 0 unspecified atom stereocenters. The Morgan fingerprint density at radius 2 is 1.33 bits per heavy atom. The standard InChI is InChI=1S/C19H27.ClH.Zr/c1-3-5-9-16-11-7-13-18(16)15-19-14-8-12-17(19)10-6-4-2;;/h7-8,11-12,15H,3-6,9-10,13-14H2,1-2H3;1H;/q;;+1/p-1. The van der Waals surface area contributed by atoms with Crippen LogP contribution in [0.25, 0.3) is 0 Å². The van der Waals surface area contributed by atoms with Crippen molar-refractivity contribution in [3.8, 4) is 0 Å². The Hall–Kier alpha value is 0.133. The van der Waals surface area contributed by atoms with Crippen LogP contribution in [0.15, 0.2) is 46.6 Å². The van der Waals surface area contributed by atoms with Gasteiger partial charge in [0.25, 0.3) is 0 Å². The van der Waals surface area contributed by atoms with E-state index in [-0.39, 0.29) is 12.4 Å². The number of hydrogen-bond donors (Lipinski definition) is 0. The molecule has 2 rings (SSSR count). The second-order valence-corrected chi connectivity index (χ2v) is 7.37. The van der Waals surface area contributed by atoms with Gasteiger partial charge in [-0.3, -0.25) is 0 Å². The molecule has 0 radical (unpaired) electrons. The summed E-state index contributed by atoms with van der Waals surface area (Å²) in [5, 5.41) is 0. The fourth-order valence-electron chi connectivity index (χ4n) is 3.17. The Kier molecular flexibility index (Phi) is 9.14. The van der Waals surface area contributed by atoms with Gasteiger partial charge in [0.2, 0.25) is 0 Å². The summed E-state index contributed by atoms with van der Waals surface area (Å²) in [6.45, 7) is 4.58. The van der Waals surface area contributed by atoms with E-state index >= 15 is 0 Å². The molecular weight excluding hydrogens is 355 g/mol. The van der Waals surface area contributed by atoms with Crippen molar-refractivity contribution in [1.82, 2.24) is 0 Å². The smallest absolute Gasteiger partial charge is 1.00 e. The van der Waals surface area contributed by atoms with E-state index in [4.69, 9.17) is 0 Å². The van der Waals surface area contributed by atoms with Gasteiger partial charge in [0.1, 0.15) is 0 Å². The molecule has 0 aromatic rings. The zero-order valence-corrected chi connectivity index (χ0v) is 16.6. The van der Waals surface area contributed by atoms with Gasteiger partial charge in [-0.25, -0.2) is 0 Å². The van der Waals surface area contributed by atoms with E-state index in [9.17, 15) is 0 Å². The van der Waals surface area contributed by atoms with Crippen LogP contribution in [0.3, 0.4) is 0 Å². The average molecular weight is 382 g/mol. The SMILES string of the molecule is CCCCC1=C([CH]([Zr+])C2=C(CCCC)C=CC2)CC=C1.[Cl-]. The molecule has 0 bridgehead atoms. The second-order valence-electron chi connectivity index (χ2n) is 5.95. The molecule has 0 atom stereocenters. The van der Waals surface area contributed by atoms with E-state index in [1.165, 1.54) is 51.4 Å². The van der Waals surface area contributed by atoms with Gasteiger partial charge in [0.15, 0.2) is 0 Å². The Labute approximate surface area is 152 Å². The summed E-state index contributed by atoms with van der Waals surface area (Å²) in [6.07, 6.45) is 19.8. The summed E-state index contributed by atoms with van der Waals surface area (Å²) in [4.78, 5) is 0. The van der Waals surface area contributed by atoms with Gasteiger partial charge in [0.05, 0.1) is 0 Å². The average Bonchev–Trinajstić information content (AvgIpc) is 3.10. The van der Waals surface area contributed by atoms with E-state index in [0.717, 1.165) is 3.63 Å². The van der Waals surface area contributed by atoms with E-state index < -0.39 is 0 Å². The first-order valence-corrected chi connectivity index (χ1v) is 9.67. The van der Waals surface area contributed by atoms with Crippen molar-refractivity contribution in [2.45, 2.75) is 68.8 Å². The zero-order chi connectivity index (χ0) is 14.4. The summed E-state index contributed by atoms with van der Waals surface area (Å²) in [6, 6.07) is 0. The monoisotopic (exact) mass is 380 g/mol. The summed E-state index contributed by atoms with van der Waals surface area (Å²) in [5.74, 6) is 0. The fourth-order valence-corrected chi connectivity index (χ4v) is 4.66. The molecule has 0 aromatic carbocycles. The van der Waals surface area contributed by atoms with Gasteiger partial charge >= 0.3 is 140 Å². The van der Waals surface area contributed by atoms with Crippen molar-refractivity contribution in [3.05, 3.63) is 46.6 Å². The van der Waals surface area contributed by atoms with Crippen molar-refractivity contribution < 1.29 is 37.1 Å². The minimum atomic E-state index is 0. The predicted molar refractivity (Wildman–Crippen MR) is 84.4 cm³/mol. The minimum Gasteiger partial charge on any atom is -1.00 e. The van der Waals surface area contributed by atoms with Crippen molar-refractivity contribution in [1.29, 1.82) is 0 Å². The molecule has 0 fully saturated rings. The van der Waals surface area contributed by atoms with Crippen LogP contribution in [0.5, 0.6) is 0 Å². The van der Waals surface area contributed by atoms with Crippen LogP contribution in [0.2, 0.25) is 3.63 Å². The maximum absolute atomic E-state index is 2.40. The molecule has 114 valence electrons.